The summed E-state index contributed by atoms with van der Waals surface area (Å²) in [7, 11) is 0. The number of aliphatic hydroxyl groups excluding tert-OH is 2. The highest BCUT2D eigenvalue weighted by molar-refractivity contribution is 5.76. The third-order valence-electron chi connectivity index (χ3n) is 3.87. The highest BCUT2D eigenvalue weighted by atomic mass is 16.7. The monoisotopic (exact) mass is 388 g/mol. The van der Waals surface area contributed by atoms with Crippen molar-refractivity contribution in [2.24, 2.45) is 10.8 Å². The van der Waals surface area contributed by atoms with Crippen LogP contribution in [-0.2, 0) is 28.5 Å². The molecule has 0 bridgehead atoms. The van der Waals surface area contributed by atoms with Gasteiger partial charge in [0, 0.05) is 0 Å². The van der Waals surface area contributed by atoms with Gasteiger partial charge in [-0.25, -0.2) is 0 Å². The number of hydrogen-bond acceptors (Lipinski definition) is 8. The van der Waals surface area contributed by atoms with E-state index in [0.717, 1.165) is 0 Å². The largest absolute Gasteiger partial charge is 0.462 e. The van der Waals surface area contributed by atoms with Crippen LogP contribution in [0.3, 0.4) is 0 Å². The van der Waals surface area contributed by atoms with E-state index in [1.54, 1.807) is 41.5 Å². The first-order chi connectivity index (χ1) is 12.3. The van der Waals surface area contributed by atoms with Gasteiger partial charge in [0.2, 0.25) is 0 Å². The van der Waals surface area contributed by atoms with E-state index in [0.29, 0.717) is 0 Å². The van der Waals surface area contributed by atoms with Crippen LogP contribution in [0.1, 0.15) is 41.5 Å². The van der Waals surface area contributed by atoms with Crippen LogP contribution in [0.2, 0.25) is 0 Å². The molecule has 0 aromatic rings. The fourth-order valence-electron chi connectivity index (χ4n) is 2.15. The van der Waals surface area contributed by atoms with Crippen molar-refractivity contribution in [3.8, 4) is 0 Å². The molecule has 0 aromatic carbocycles. The molecule has 0 radical (unpaired) electrons. The van der Waals surface area contributed by atoms with Crippen molar-refractivity contribution >= 4 is 11.9 Å². The SMILES string of the molecule is C=CCO[C@@H]1O[C@H](COC(=O)C(C)(C)C)[C@@H](O)[C@H](OC(=O)C(C)(C)C)[C@H]1O. The Kier molecular flexibility index (Phi) is 7.98. The smallest absolute Gasteiger partial charge is 0.311 e. The minimum absolute atomic E-state index is 0.0757. The van der Waals surface area contributed by atoms with Crippen LogP contribution in [0.15, 0.2) is 12.7 Å². The Morgan fingerprint density at radius 3 is 2.07 bits per heavy atom. The number of ether oxygens (including phenoxy) is 4. The second kappa shape index (κ2) is 9.14. The molecule has 0 amide bonds. The Morgan fingerprint density at radius 2 is 1.59 bits per heavy atom. The van der Waals surface area contributed by atoms with Crippen LogP contribution < -0.4 is 0 Å². The van der Waals surface area contributed by atoms with Gasteiger partial charge in [0.1, 0.15) is 24.9 Å². The number of hydrogen-bond donors (Lipinski definition) is 2. The highest BCUT2D eigenvalue weighted by Crippen LogP contribution is 2.28. The number of carbonyl (C=O) groups is 2. The van der Waals surface area contributed by atoms with E-state index in [2.05, 4.69) is 6.58 Å². The molecule has 8 nitrogen and oxygen atoms in total. The molecular weight excluding hydrogens is 356 g/mol. The van der Waals surface area contributed by atoms with Gasteiger partial charge in [-0.2, -0.15) is 0 Å². The van der Waals surface area contributed by atoms with E-state index in [1.807, 2.05) is 0 Å². The molecule has 5 atom stereocenters. The molecule has 1 rings (SSSR count). The lowest BCUT2D eigenvalue weighted by Crippen LogP contribution is -2.61. The van der Waals surface area contributed by atoms with Crippen molar-refractivity contribution in [3.05, 3.63) is 12.7 Å². The number of esters is 2. The van der Waals surface area contributed by atoms with Gasteiger partial charge in [-0.15, -0.1) is 6.58 Å². The van der Waals surface area contributed by atoms with Gasteiger partial charge in [-0.3, -0.25) is 9.59 Å². The Morgan fingerprint density at radius 1 is 1.04 bits per heavy atom. The predicted molar refractivity (Wildman–Crippen MR) is 96.6 cm³/mol. The third-order valence-corrected chi connectivity index (χ3v) is 3.87. The average molecular weight is 388 g/mol. The molecule has 0 spiro atoms. The van der Waals surface area contributed by atoms with Crippen molar-refractivity contribution in [1.82, 2.24) is 0 Å². The zero-order valence-electron chi connectivity index (χ0n) is 16.9. The summed E-state index contributed by atoms with van der Waals surface area (Å²) in [4.78, 5) is 24.2. The number of carbonyl (C=O) groups excluding carboxylic acids is 2. The quantitative estimate of drug-likeness (QED) is 0.515. The lowest BCUT2D eigenvalue weighted by molar-refractivity contribution is -0.303. The second-order valence-electron chi connectivity index (χ2n) is 8.61. The minimum atomic E-state index is -1.42. The van der Waals surface area contributed by atoms with Gasteiger partial charge < -0.3 is 29.2 Å². The molecule has 1 aliphatic rings. The molecule has 0 unspecified atom stereocenters. The molecule has 8 heteroatoms. The second-order valence-corrected chi connectivity index (χ2v) is 8.61. The molecule has 1 fully saturated rings. The Labute approximate surface area is 160 Å². The summed E-state index contributed by atoms with van der Waals surface area (Å²) >= 11 is 0. The molecule has 0 saturated carbocycles. The predicted octanol–water partition coefficient (Wildman–Crippen LogP) is 1.18. The molecule has 156 valence electrons. The highest BCUT2D eigenvalue weighted by Gasteiger charge is 2.48. The van der Waals surface area contributed by atoms with Crippen LogP contribution in [0.5, 0.6) is 0 Å². The summed E-state index contributed by atoms with van der Waals surface area (Å²) in [5.74, 6) is -1.07. The molecule has 27 heavy (non-hydrogen) atoms. The first-order valence-electron chi connectivity index (χ1n) is 8.91. The van der Waals surface area contributed by atoms with E-state index >= 15 is 0 Å². The zero-order valence-corrected chi connectivity index (χ0v) is 16.9. The lowest BCUT2D eigenvalue weighted by atomic mass is 9.95. The topological polar surface area (TPSA) is 112 Å². The van der Waals surface area contributed by atoms with E-state index in [-0.39, 0.29) is 13.2 Å². The summed E-state index contributed by atoms with van der Waals surface area (Å²) in [6.45, 7) is 13.4. The summed E-state index contributed by atoms with van der Waals surface area (Å²) in [5.41, 5.74) is -1.56. The fourth-order valence-corrected chi connectivity index (χ4v) is 2.15. The van der Waals surface area contributed by atoms with Crippen LogP contribution in [0.25, 0.3) is 0 Å². The molecule has 1 heterocycles. The maximum atomic E-state index is 12.2. The van der Waals surface area contributed by atoms with Gasteiger partial charge in [0.15, 0.2) is 12.4 Å². The Balaban J connectivity index is 2.94. The molecule has 0 aliphatic carbocycles. The number of rotatable bonds is 6. The van der Waals surface area contributed by atoms with Crippen LogP contribution in [0, 0.1) is 10.8 Å². The van der Waals surface area contributed by atoms with Crippen molar-refractivity contribution in [3.63, 3.8) is 0 Å². The van der Waals surface area contributed by atoms with Gasteiger partial charge in [0.05, 0.1) is 17.4 Å². The Bertz CT molecular complexity index is 531. The van der Waals surface area contributed by atoms with Crippen LogP contribution >= 0.6 is 0 Å². The maximum absolute atomic E-state index is 12.2. The molecule has 1 saturated heterocycles. The zero-order chi connectivity index (χ0) is 21.0. The van der Waals surface area contributed by atoms with Crippen LogP contribution in [-0.4, -0.2) is 66.1 Å². The summed E-state index contributed by atoms with van der Waals surface area (Å²) in [6, 6.07) is 0. The van der Waals surface area contributed by atoms with Gasteiger partial charge in [-0.05, 0) is 41.5 Å². The van der Waals surface area contributed by atoms with Crippen molar-refractivity contribution in [2.75, 3.05) is 13.2 Å². The van der Waals surface area contributed by atoms with E-state index in [4.69, 9.17) is 18.9 Å². The average Bonchev–Trinajstić information content (AvgIpc) is 2.54. The fraction of sp³-hybridized carbons (Fsp3) is 0.789. The van der Waals surface area contributed by atoms with Gasteiger partial charge in [0.25, 0.3) is 0 Å². The molecule has 2 N–H and O–H groups in total. The summed E-state index contributed by atoms with van der Waals surface area (Å²) in [5, 5.41) is 21.0. The molecular formula is C19H32O8. The summed E-state index contributed by atoms with van der Waals surface area (Å²) < 4.78 is 21.4. The van der Waals surface area contributed by atoms with E-state index < -0.39 is 53.5 Å². The van der Waals surface area contributed by atoms with Crippen LogP contribution in [0.4, 0.5) is 0 Å². The van der Waals surface area contributed by atoms with Gasteiger partial charge in [-0.1, -0.05) is 6.08 Å². The van der Waals surface area contributed by atoms with Gasteiger partial charge >= 0.3 is 11.9 Å². The third kappa shape index (κ3) is 6.57. The number of aliphatic hydroxyl groups is 2. The maximum Gasteiger partial charge on any atom is 0.311 e. The first-order valence-corrected chi connectivity index (χ1v) is 8.91. The van der Waals surface area contributed by atoms with E-state index in [9.17, 15) is 19.8 Å². The lowest BCUT2D eigenvalue weighted by Gasteiger charge is -2.42. The normalized spacial score (nSPS) is 29.1. The first kappa shape index (κ1) is 23.6. The minimum Gasteiger partial charge on any atom is -0.462 e. The van der Waals surface area contributed by atoms with E-state index in [1.165, 1.54) is 6.08 Å². The Hall–Kier alpha value is -1.48. The van der Waals surface area contributed by atoms with Crippen molar-refractivity contribution < 1.29 is 38.7 Å². The molecule has 1 aliphatic heterocycles. The molecule has 0 aromatic heterocycles. The standard InChI is InChI=1S/C19H32O8/c1-8-9-24-15-13(21)14(27-17(23)19(5,6)7)12(20)11(26-15)10-25-16(22)18(2,3)4/h8,11-15,20-21H,1,9-10H2,2-7H3/t11-,12-,13-,14+,15-/m1/s1. The van der Waals surface area contributed by atoms with Crippen molar-refractivity contribution in [1.29, 1.82) is 0 Å². The summed E-state index contributed by atoms with van der Waals surface area (Å²) in [6.07, 6.45) is -4.86. The van der Waals surface area contributed by atoms with Crippen molar-refractivity contribution in [2.45, 2.75) is 72.2 Å².